The number of nitrogens with two attached hydrogens (primary N) is 1. The lowest BCUT2D eigenvalue weighted by Gasteiger charge is -2.37. The summed E-state index contributed by atoms with van der Waals surface area (Å²) in [5, 5.41) is 2.32. The maximum absolute atomic E-state index is 11.7. The Hall–Kier alpha value is -1.47. The van der Waals surface area contributed by atoms with Gasteiger partial charge in [0, 0.05) is 12.5 Å². The Labute approximate surface area is 106 Å². The van der Waals surface area contributed by atoms with Gasteiger partial charge in [-0.05, 0) is 19.8 Å². The first kappa shape index (κ1) is 14.6. The highest BCUT2D eigenvalue weighted by molar-refractivity contribution is 6.01. The molecule has 7 nitrogen and oxygen atoms in total. The molecule has 2 atom stereocenters. The average Bonchev–Trinajstić information content (AvgIpc) is 2.34. The number of piperazine rings is 1. The molecule has 3 amide bonds. The Balaban J connectivity index is 2.62. The number of hydrazine groups is 1. The van der Waals surface area contributed by atoms with E-state index in [2.05, 4.69) is 10.7 Å². The van der Waals surface area contributed by atoms with Gasteiger partial charge in [0.1, 0.15) is 0 Å². The zero-order valence-electron chi connectivity index (χ0n) is 10.7. The van der Waals surface area contributed by atoms with Crippen LogP contribution in [0, 0.1) is 0 Å². The van der Waals surface area contributed by atoms with Gasteiger partial charge in [-0.2, -0.15) is 0 Å². The number of imide groups is 1. The maximum atomic E-state index is 11.7. The molecule has 0 radical (unpaired) electrons. The lowest BCUT2D eigenvalue weighted by Crippen LogP contribution is -2.60. The highest BCUT2D eigenvalue weighted by atomic mass is 16.2. The van der Waals surface area contributed by atoms with Crippen LogP contribution in [0.15, 0.2) is 0 Å². The minimum absolute atomic E-state index is 0.0257. The third-order valence-corrected chi connectivity index (χ3v) is 3.19. The second kappa shape index (κ2) is 6.46. The Morgan fingerprint density at radius 2 is 2.28 bits per heavy atom. The zero-order valence-corrected chi connectivity index (χ0v) is 10.7. The summed E-state index contributed by atoms with van der Waals surface area (Å²) in [5.74, 6) is 4.20. The number of carbonyl (C=O) groups is 3. The molecule has 1 heterocycles. The fraction of sp³-hybridized carbons (Fsp3) is 0.727. The standard InChI is InChI=1S/C11H20N4O3/c1-3-8-11(18)13-10(17)6-15(8)7(2)4-5-9(16)14-12/h7-8H,3-6,12H2,1-2H3,(H,14,16)(H,13,17,18). The summed E-state index contributed by atoms with van der Waals surface area (Å²) in [6.45, 7) is 3.99. The van der Waals surface area contributed by atoms with Crippen molar-refractivity contribution in [3.63, 3.8) is 0 Å². The lowest BCUT2D eigenvalue weighted by molar-refractivity contribution is -0.141. The van der Waals surface area contributed by atoms with Crippen LogP contribution in [0.5, 0.6) is 0 Å². The molecule has 0 aromatic carbocycles. The van der Waals surface area contributed by atoms with Crippen molar-refractivity contribution in [2.24, 2.45) is 5.84 Å². The van der Waals surface area contributed by atoms with Crippen molar-refractivity contribution < 1.29 is 14.4 Å². The topological polar surface area (TPSA) is 105 Å². The Bertz CT molecular complexity index is 345. The van der Waals surface area contributed by atoms with Gasteiger partial charge >= 0.3 is 0 Å². The molecule has 0 bridgehead atoms. The number of nitrogens with zero attached hydrogens (tertiary/aromatic N) is 1. The van der Waals surface area contributed by atoms with E-state index >= 15 is 0 Å². The van der Waals surface area contributed by atoms with Gasteiger partial charge in [-0.3, -0.25) is 30.0 Å². The molecule has 0 saturated carbocycles. The first-order valence-electron chi connectivity index (χ1n) is 6.08. The first-order valence-corrected chi connectivity index (χ1v) is 6.08. The van der Waals surface area contributed by atoms with Gasteiger partial charge in [-0.1, -0.05) is 6.92 Å². The number of hydrogen-bond acceptors (Lipinski definition) is 5. The summed E-state index contributed by atoms with van der Waals surface area (Å²) in [4.78, 5) is 36.0. The van der Waals surface area contributed by atoms with Crippen molar-refractivity contribution in [1.29, 1.82) is 0 Å². The van der Waals surface area contributed by atoms with Crippen molar-refractivity contribution in [3.05, 3.63) is 0 Å². The van der Waals surface area contributed by atoms with Crippen LogP contribution in [0.25, 0.3) is 0 Å². The molecule has 102 valence electrons. The predicted molar refractivity (Wildman–Crippen MR) is 65.0 cm³/mol. The second-order valence-electron chi connectivity index (χ2n) is 4.46. The normalized spacial score (nSPS) is 22.5. The van der Waals surface area contributed by atoms with Gasteiger partial charge in [0.2, 0.25) is 17.7 Å². The van der Waals surface area contributed by atoms with Crippen LogP contribution >= 0.6 is 0 Å². The highest BCUT2D eigenvalue weighted by Crippen LogP contribution is 2.16. The molecule has 7 heteroatoms. The third-order valence-electron chi connectivity index (χ3n) is 3.19. The minimum Gasteiger partial charge on any atom is -0.294 e. The summed E-state index contributed by atoms with van der Waals surface area (Å²) in [5.41, 5.74) is 2.06. The first-order chi connectivity index (χ1) is 8.49. The van der Waals surface area contributed by atoms with Gasteiger partial charge in [0.25, 0.3) is 0 Å². The molecule has 0 aliphatic carbocycles. The molecular formula is C11H20N4O3. The maximum Gasteiger partial charge on any atom is 0.243 e. The largest absolute Gasteiger partial charge is 0.294 e. The van der Waals surface area contributed by atoms with E-state index in [1.807, 2.05) is 18.7 Å². The van der Waals surface area contributed by atoms with Gasteiger partial charge < -0.3 is 0 Å². The smallest absolute Gasteiger partial charge is 0.243 e. The van der Waals surface area contributed by atoms with Crippen molar-refractivity contribution >= 4 is 17.7 Å². The molecule has 1 fully saturated rings. The molecular weight excluding hydrogens is 236 g/mol. The summed E-state index contributed by atoms with van der Waals surface area (Å²) in [7, 11) is 0. The molecule has 1 aliphatic heterocycles. The van der Waals surface area contributed by atoms with E-state index in [-0.39, 0.29) is 42.8 Å². The van der Waals surface area contributed by atoms with Crippen LogP contribution < -0.4 is 16.6 Å². The summed E-state index contributed by atoms with van der Waals surface area (Å²) < 4.78 is 0. The molecule has 1 rings (SSSR count). The number of rotatable bonds is 5. The minimum atomic E-state index is -0.307. The second-order valence-corrected chi connectivity index (χ2v) is 4.46. The molecule has 0 spiro atoms. The number of nitrogens with one attached hydrogen (secondary N) is 2. The molecule has 18 heavy (non-hydrogen) atoms. The van der Waals surface area contributed by atoms with Gasteiger partial charge in [-0.25, -0.2) is 5.84 Å². The summed E-state index contributed by atoms with van der Waals surface area (Å²) in [6, 6.07) is -0.333. The van der Waals surface area contributed by atoms with Crippen LogP contribution in [0.4, 0.5) is 0 Å². The van der Waals surface area contributed by atoms with E-state index in [0.717, 1.165) is 0 Å². The molecule has 0 aromatic rings. The van der Waals surface area contributed by atoms with E-state index in [4.69, 9.17) is 5.84 Å². The van der Waals surface area contributed by atoms with Crippen LogP contribution in [0.2, 0.25) is 0 Å². The fourth-order valence-electron chi connectivity index (χ4n) is 2.15. The van der Waals surface area contributed by atoms with Crippen molar-refractivity contribution in [3.8, 4) is 0 Å². The summed E-state index contributed by atoms with van der Waals surface area (Å²) >= 11 is 0. The zero-order chi connectivity index (χ0) is 13.7. The van der Waals surface area contributed by atoms with Gasteiger partial charge in [-0.15, -0.1) is 0 Å². The number of carbonyl (C=O) groups excluding carboxylic acids is 3. The van der Waals surface area contributed by atoms with Crippen LogP contribution in [0.1, 0.15) is 33.1 Å². The fourth-order valence-corrected chi connectivity index (χ4v) is 2.15. The Kier molecular flexibility index (Phi) is 5.24. The van der Waals surface area contributed by atoms with Crippen molar-refractivity contribution in [1.82, 2.24) is 15.6 Å². The quantitative estimate of drug-likeness (QED) is 0.250. The molecule has 0 aromatic heterocycles. The van der Waals surface area contributed by atoms with E-state index in [9.17, 15) is 14.4 Å². The Morgan fingerprint density at radius 3 is 2.83 bits per heavy atom. The number of amides is 3. The Morgan fingerprint density at radius 1 is 1.61 bits per heavy atom. The predicted octanol–water partition coefficient (Wildman–Crippen LogP) is -1.12. The van der Waals surface area contributed by atoms with Crippen LogP contribution in [-0.2, 0) is 14.4 Å². The van der Waals surface area contributed by atoms with Crippen LogP contribution in [0.3, 0.4) is 0 Å². The average molecular weight is 256 g/mol. The SMILES string of the molecule is CCC1C(=O)NC(=O)CN1C(C)CCC(=O)NN. The van der Waals surface area contributed by atoms with E-state index in [1.165, 1.54) is 0 Å². The number of hydrogen-bond donors (Lipinski definition) is 3. The molecule has 2 unspecified atom stereocenters. The van der Waals surface area contributed by atoms with Crippen LogP contribution in [-0.4, -0.2) is 41.2 Å². The van der Waals surface area contributed by atoms with Gasteiger partial charge in [0.05, 0.1) is 12.6 Å². The van der Waals surface area contributed by atoms with Crippen molar-refractivity contribution in [2.45, 2.75) is 45.2 Å². The highest BCUT2D eigenvalue weighted by Gasteiger charge is 2.34. The molecule has 1 saturated heterocycles. The lowest BCUT2D eigenvalue weighted by atomic mass is 10.0. The third kappa shape index (κ3) is 3.51. The molecule has 1 aliphatic rings. The van der Waals surface area contributed by atoms with E-state index < -0.39 is 0 Å². The van der Waals surface area contributed by atoms with E-state index in [0.29, 0.717) is 12.8 Å². The molecule has 4 N–H and O–H groups in total. The van der Waals surface area contributed by atoms with Crippen molar-refractivity contribution in [2.75, 3.05) is 6.54 Å². The monoisotopic (exact) mass is 256 g/mol. The van der Waals surface area contributed by atoms with Gasteiger partial charge in [0.15, 0.2) is 0 Å². The van der Waals surface area contributed by atoms with E-state index in [1.54, 1.807) is 0 Å². The summed E-state index contributed by atoms with van der Waals surface area (Å²) in [6.07, 6.45) is 1.47.